The van der Waals surface area contributed by atoms with E-state index in [4.69, 9.17) is 4.74 Å². The fraction of sp³-hybridized carbons (Fsp3) is 0.733. The van der Waals surface area contributed by atoms with Crippen molar-refractivity contribution in [2.45, 2.75) is 45.6 Å². The third kappa shape index (κ3) is 4.59. The average molecular weight is 405 g/mol. The van der Waals surface area contributed by atoms with Crippen molar-refractivity contribution in [3.63, 3.8) is 0 Å². The molecule has 0 aliphatic carbocycles. The van der Waals surface area contributed by atoms with Crippen molar-refractivity contribution in [2.24, 2.45) is 13.0 Å². The van der Waals surface area contributed by atoms with Crippen molar-refractivity contribution in [1.82, 2.24) is 14.5 Å². The third-order valence-electron chi connectivity index (χ3n) is 3.79. The number of likely N-dealkylation sites (tertiary alicyclic amines) is 1. The van der Waals surface area contributed by atoms with Crippen LogP contribution in [0.2, 0.25) is 0 Å². The van der Waals surface area contributed by atoms with Crippen molar-refractivity contribution in [3.8, 4) is 0 Å². The van der Waals surface area contributed by atoms with Crippen LogP contribution in [0.4, 0.5) is 4.79 Å². The van der Waals surface area contributed by atoms with Crippen molar-refractivity contribution in [2.75, 3.05) is 13.1 Å². The van der Waals surface area contributed by atoms with E-state index >= 15 is 0 Å². The van der Waals surface area contributed by atoms with Crippen LogP contribution in [0.1, 0.15) is 39.3 Å². The minimum absolute atomic E-state index is 0.184. The van der Waals surface area contributed by atoms with Gasteiger partial charge in [-0.15, -0.1) is 0 Å². The highest BCUT2D eigenvalue weighted by Crippen LogP contribution is 2.23. The number of carbonyl (C=O) groups excluding carboxylic acids is 1. The van der Waals surface area contributed by atoms with Crippen LogP contribution in [0.3, 0.4) is 0 Å². The lowest BCUT2D eigenvalue weighted by molar-refractivity contribution is 0.0184. The van der Waals surface area contributed by atoms with E-state index in [9.17, 15) is 4.79 Å². The summed E-state index contributed by atoms with van der Waals surface area (Å²) in [5.74, 6) is 0.620. The van der Waals surface area contributed by atoms with E-state index in [1.807, 2.05) is 31.9 Å². The highest BCUT2D eigenvalue weighted by Gasteiger charge is 2.27. The topological polar surface area (TPSA) is 47.4 Å². The quantitative estimate of drug-likeness (QED) is 0.710. The molecule has 0 saturated carbocycles. The van der Waals surface area contributed by atoms with E-state index in [1.165, 1.54) is 5.69 Å². The molecule has 0 atom stereocenters. The van der Waals surface area contributed by atoms with Gasteiger partial charge in [-0.25, -0.2) is 9.78 Å². The number of carbonyl (C=O) groups is 1. The lowest BCUT2D eigenvalue weighted by atomic mass is 9.92. The average Bonchev–Trinajstić information content (AvgIpc) is 2.69. The molecule has 6 heteroatoms. The van der Waals surface area contributed by atoms with Crippen LogP contribution in [0.15, 0.2) is 6.20 Å². The van der Waals surface area contributed by atoms with E-state index in [2.05, 4.69) is 39.2 Å². The van der Waals surface area contributed by atoms with Gasteiger partial charge in [0.2, 0.25) is 0 Å². The fourth-order valence-corrected chi connectivity index (χ4v) is 3.00. The van der Waals surface area contributed by atoms with E-state index < -0.39 is 5.60 Å². The monoisotopic (exact) mass is 405 g/mol. The van der Waals surface area contributed by atoms with Crippen LogP contribution in [-0.4, -0.2) is 39.2 Å². The molecule has 2 rings (SSSR count). The Morgan fingerprint density at radius 3 is 2.52 bits per heavy atom. The van der Waals surface area contributed by atoms with E-state index in [0.717, 1.165) is 36.2 Å². The summed E-state index contributed by atoms with van der Waals surface area (Å²) < 4.78 is 8.59. The third-order valence-corrected chi connectivity index (χ3v) is 4.79. The second kappa shape index (κ2) is 6.54. The molecule has 118 valence electrons. The first-order valence-electron chi connectivity index (χ1n) is 7.40. The molecule has 0 radical (unpaired) electrons. The van der Waals surface area contributed by atoms with Gasteiger partial charge in [-0.3, -0.25) is 0 Å². The Bertz CT molecular complexity index is 500. The first kappa shape index (κ1) is 16.6. The summed E-state index contributed by atoms with van der Waals surface area (Å²) in [4.78, 5) is 18.2. The molecule has 1 aliphatic rings. The molecule has 1 aromatic rings. The zero-order valence-electron chi connectivity index (χ0n) is 13.2. The van der Waals surface area contributed by atoms with Crippen molar-refractivity contribution >= 4 is 28.7 Å². The number of ether oxygens (including phenoxy) is 1. The lowest BCUT2D eigenvalue weighted by Gasteiger charge is -2.33. The molecule has 1 aromatic heterocycles. The van der Waals surface area contributed by atoms with Crippen LogP contribution in [0, 0.1) is 9.75 Å². The highest BCUT2D eigenvalue weighted by molar-refractivity contribution is 14.1. The summed E-state index contributed by atoms with van der Waals surface area (Å²) in [6.07, 6.45) is 4.87. The van der Waals surface area contributed by atoms with Gasteiger partial charge < -0.3 is 14.2 Å². The van der Waals surface area contributed by atoms with Crippen molar-refractivity contribution < 1.29 is 9.53 Å². The highest BCUT2D eigenvalue weighted by atomic mass is 127. The molecule has 5 nitrogen and oxygen atoms in total. The molecule has 0 bridgehead atoms. The molecule has 1 aliphatic heterocycles. The van der Waals surface area contributed by atoms with Crippen LogP contribution in [0.5, 0.6) is 0 Å². The number of halogens is 1. The van der Waals surface area contributed by atoms with Gasteiger partial charge >= 0.3 is 6.09 Å². The van der Waals surface area contributed by atoms with E-state index in [1.54, 1.807) is 0 Å². The summed E-state index contributed by atoms with van der Waals surface area (Å²) in [6, 6.07) is 0. The number of piperidine rings is 1. The van der Waals surface area contributed by atoms with Gasteiger partial charge in [-0.05, 0) is 68.5 Å². The van der Waals surface area contributed by atoms with Gasteiger partial charge in [0.05, 0.1) is 0 Å². The number of amides is 1. The number of nitrogens with zero attached hydrogens (tertiary/aromatic N) is 3. The minimum atomic E-state index is -0.417. The van der Waals surface area contributed by atoms with E-state index in [-0.39, 0.29) is 6.09 Å². The number of hydrogen-bond donors (Lipinski definition) is 0. The summed E-state index contributed by atoms with van der Waals surface area (Å²) in [7, 11) is 2.06. The van der Waals surface area contributed by atoms with Gasteiger partial charge in [0.25, 0.3) is 0 Å². The van der Waals surface area contributed by atoms with Crippen molar-refractivity contribution in [3.05, 3.63) is 15.7 Å². The molecule has 0 unspecified atom stereocenters. The predicted molar refractivity (Wildman–Crippen MR) is 90.2 cm³/mol. The normalized spacial score (nSPS) is 17.1. The Morgan fingerprint density at radius 1 is 1.43 bits per heavy atom. The molecule has 21 heavy (non-hydrogen) atoms. The van der Waals surface area contributed by atoms with Gasteiger partial charge in [-0.1, -0.05) is 0 Å². The Morgan fingerprint density at radius 2 is 2.05 bits per heavy atom. The molecule has 2 heterocycles. The van der Waals surface area contributed by atoms with Gasteiger partial charge in [0, 0.05) is 32.0 Å². The number of rotatable bonds is 2. The fourth-order valence-electron chi connectivity index (χ4n) is 2.55. The first-order chi connectivity index (χ1) is 9.76. The predicted octanol–water partition coefficient (Wildman–Crippen LogP) is 3.21. The summed E-state index contributed by atoms with van der Waals surface area (Å²) in [6.45, 7) is 7.29. The van der Waals surface area contributed by atoms with Gasteiger partial charge in [0.1, 0.15) is 5.60 Å². The van der Waals surface area contributed by atoms with E-state index in [0.29, 0.717) is 5.92 Å². The molecule has 0 aromatic carbocycles. The van der Waals surface area contributed by atoms with Gasteiger partial charge in [0.15, 0.2) is 3.83 Å². The van der Waals surface area contributed by atoms with Crippen LogP contribution in [-0.2, 0) is 18.2 Å². The zero-order chi connectivity index (χ0) is 15.6. The van der Waals surface area contributed by atoms with Crippen molar-refractivity contribution in [1.29, 1.82) is 0 Å². The first-order valence-corrected chi connectivity index (χ1v) is 8.48. The molecule has 0 spiro atoms. The molecule has 1 amide bonds. The molecular formula is C15H24IN3O2. The van der Waals surface area contributed by atoms with Crippen LogP contribution < -0.4 is 0 Å². The van der Waals surface area contributed by atoms with Crippen LogP contribution in [0.25, 0.3) is 0 Å². The number of imidazole rings is 1. The van der Waals surface area contributed by atoms with Gasteiger partial charge in [-0.2, -0.15) is 0 Å². The maximum absolute atomic E-state index is 12.0. The Labute approximate surface area is 140 Å². The van der Waals surface area contributed by atoms with Crippen LogP contribution >= 0.6 is 22.6 Å². The summed E-state index contributed by atoms with van der Waals surface area (Å²) in [5, 5.41) is 0. The second-order valence-electron chi connectivity index (χ2n) is 6.69. The minimum Gasteiger partial charge on any atom is -0.444 e. The maximum Gasteiger partial charge on any atom is 0.410 e. The second-order valence-corrected chi connectivity index (χ2v) is 7.66. The molecule has 1 fully saturated rings. The smallest absolute Gasteiger partial charge is 0.410 e. The SMILES string of the molecule is Cn1c(CC2CCN(C(=O)OC(C)(C)C)CC2)cnc1I. The zero-order valence-corrected chi connectivity index (χ0v) is 15.4. The molecule has 1 saturated heterocycles. The number of aromatic nitrogens is 2. The largest absolute Gasteiger partial charge is 0.444 e. The lowest BCUT2D eigenvalue weighted by Crippen LogP contribution is -2.42. The molecule has 0 N–H and O–H groups in total. The maximum atomic E-state index is 12.0. The standard InChI is InChI=1S/C15H24IN3O2/c1-15(2,3)21-14(20)19-7-5-11(6-8-19)9-12-10-17-13(16)18(12)4/h10-11H,5-9H2,1-4H3. The number of hydrogen-bond acceptors (Lipinski definition) is 3. The summed E-state index contributed by atoms with van der Waals surface area (Å²) in [5.41, 5.74) is 0.856. The Balaban J connectivity index is 1.83. The Hall–Kier alpha value is -0.790. The summed E-state index contributed by atoms with van der Waals surface area (Å²) >= 11 is 2.25. The molecular weight excluding hydrogens is 381 g/mol. The Kier molecular flexibility index (Phi) is 5.16.